The van der Waals surface area contributed by atoms with Crippen LogP contribution in [-0.2, 0) is 20.9 Å². The van der Waals surface area contributed by atoms with Crippen LogP contribution in [0, 0.1) is 6.92 Å². The van der Waals surface area contributed by atoms with Gasteiger partial charge in [0, 0.05) is 24.8 Å². The van der Waals surface area contributed by atoms with Gasteiger partial charge in [-0.25, -0.2) is 8.42 Å². The zero-order valence-corrected chi connectivity index (χ0v) is 20.8. The van der Waals surface area contributed by atoms with Crippen molar-refractivity contribution in [1.82, 2.24) is 15.1 Å². The molecule has 0 aliphatic carbocycles. The van der Waals surface area contributed by atoms with E-state index in [1.165, 1.54) is 51.3 Å². The highest BCUT2D eigenvalue weighted by Gasteiger charge is 2.31. The molecule has 2 aliphatic heterocycles. The number of alkyl halides is 3. The van der Waals surface area contributed by atoms with Crippen molar-refractivity contribution in [2.24, 2.45) is 0 Å². The van der Waals surface area contributed by atoms with Crippen molar-refractivity contribution in [3.8, 4) is 11.3 Å². The molecule has 8 nitrogen and oxygen atoms in total. The molecular formula is C23H32F3N5O3S. The Morgan fingerprint density at radius 1 is 1.09 bits per heavy atom. The van der Waals surface area contributed by atoms with Crippen LogP contribution in [0.1, 0.15) is 43.2 Å². The number of halogens is 3. The van der Waals surface area contributed by atoms with Gasteiger partial charge in [-0.05, 0) is 69.5 Å². The molecule has 2 saturated heterocycles. The van der Waals surface area contributed by atoms with Gasteiger partial charge in [-0.3, -0.25) is 4.72 Å². The van der Waals surface area contributed by atoms with Gasteiger partial charge in [0.2, 0.25) is 10.0 Å². The SMILES string of the molecule is C1CCN(C2CCOCC2)CC1.Cc1cc(-c2ccc(C(F)(F)F)cc2NS(C)(=O)=O)nnc1N. The molecule has 3 N–H and O–H groups in total. The molecule has 0 unspecified atom stereocenters. The zero-order chi connectivity index (χ0) is 25.6. The molecule has 12 heteroatoms. The first-order valence-electron chi connectivity index (χ1n) is 11.5. The lowest BCUT2D eigenvalue weighted by atomic mass is 10.0. The molecule has 2 aliphatic rings. The van der Waals surface area contributed by atoms with Gasteiger partial charge in [-0.15, -0.1) is 10.2 Å². The number of piperidine rings is 1. The van der Waals surface area contributed by atoms with Gasteiger partial charge >= 0.3 is 6.18 Å². The Morgan fingerprint density at radius 3 is 2.31 bits per heavy atom. The Hall–Kier alpha value is -2.44. The second-order valence-electron chi connectivity index (χ2n) is 8.87. The number of hydrogen-bond acceptors (Lipinski definition) is 7. The van der Waals surface area contributed by atoms with Crippen molar-refractivity contribution in [3.63, 3.8) is 0 Å². The minimum Gasteiger partial charge on any atom is -0.382 e. The topological polar surface area (TPSA) is 110 Å². The lowest BCUT2D eigenvalue weighted by Gasteiger charge is -2.36. The summed E-state index contributed by atoms with van der Waals surface area (Å²) < 4.78 is 68.8. The minimum absolute atomic E-state index is 0.166. The van der Waals surface area contributed by atoms with Crippen molar-refractivity contribution < 1.29 is 26.3 Å². The summed E-state index contributed by atoms with van der Waals surface area (Å²) in [6.45, 7) is 6.30. The number of sulfonamides is 1. The molecule has 35 heavy (non-hydrogen) atoms. The first kappa shape index (κ1) is 27.2. The summed E-state index contributed by atoms with van der Waals surface area (Å²) in [6.07, 6.45) is 3.04. The molecule has 0 saturated carbocycles. The smallest absolute Gasteiger partial charge is 0.382 e. The Bertz CT molecular complexity index is 1080. The summed E-state index contributed by atoms with van der Waals surface area (Å²) in [5, 5.41) is 7.49. The van der Waals surface area contributed by atoms with Crippen LogP contribution in [0.5, 0.6) is 0 Å². The number of rotatable bonds is 4. The van der Waals surface area contributed by atoms with Crippen LogP contribution in [0.25, 0.3) is 11.3 Å². The van der Waals surface area contributed by atoms with Crippen LogP contribution < -0.4 is 10.5 Å². The molecule has 0 atom stereocenters. The molecule has 1 aromatic carbocycles. The molecule has 1 aromatic heterocycles. The molecule has 0 spiro atoms. The molecule has 0 bridgehead atoms. The summed E-state index contributed by atoms with van der Waals surface area (Å²) in [5.41, 5.74) is 5.28. The normalized spacial score (nSPS) is 18.0. The number of nitrogens with one attached hydrogen (secondary N) is 1. The Morgan fingerprint density at radius 2 is 1.74 bits per heavy atom. The fourth-order valence-electron chi connectivity index (χ4n) is 4.19. The zero-order valence-electron chi connectivity index (χ0n) is 19.9. The van der Waals surface area contributed by atoms with Crippen LogP contribution in [0.4, 0.5) is 24.7 Å². The van der Waals surface area contributed by atoms with Crippen molar-refractivity contribution in [1.29, 1.82) is 0 Å². The Kier molecular flexibility index (Phi) is 8.94. The minimum atomic E-state index is -4.60. The van der Waals surface area contributed by atoms with Crippen molar-refractivity contribution in [2.75, 3.05) is 43.0 Å². The predicted octanol–water partition coefficient (Wildman–Crippen LogP) is 4.08. The molecule has 2 fully saturated rings. The number of ether oxygens (including phenoxy) is 1. The molecular weight excluding hydrogens is 483 g/mol. The van der Waals surface area contributed by atoms with Crippen LogP contribution in [-0.4, -0.2) is 62.1 Å². The second kappa shape index (κ2) is 11.5. The van der Waals surface area contributed by atoms with E-state index in [1.54, 1.807) is 6.92 Å². The van der Waals surface area contributed by atoms with Crippen LogP contribution in [0.3, 0.4) is 0 Å². The average Bonchev–Trinajstić information content (AvgIpc) is 2.81. The molecule has 2 aromatic rings. The van der Waals surface area contributed by atoms with E-state index in [0.717, 1.165) is 37.6 Å². The summed E-state index contributed by atoms with van der Waals surface area (Å²) in [6, 6.07) is 5.05. The first-order chi connectivity index (χ1) is 16.4. The highest BCUT2D eigenvalue weighted by Crippen LogP contribution is 2.36. The van der Waals surface area contributed by atoms with E-state index in [4.69, 9.17) is 10.5 Å². The fourth-order valence-corrected chi connectivity index (χ4v) is 4.76. The largest absolute Gasteiger partial charge is 0.416 e. The molecule has 0 radical (unpaired) electrons. The molecule has 194 valence electrons. The van der Waals surface area contributed by atoms with Gasteiger partial charge in [0.15, 0.2) is 0 Å². The fraction of sp³-hybridized carbons (Fsp3) is 0.565. The third-order valence-electron chi connectivity index (χ3n) is 6.04. The van der Waals surface area contributed by atoms with E-state index in [-0.39, 0.29) is 22.8 Å². The third kappa shape index (κ3) is 8.04. The van der Waals surface area contributed by atoms with Gasteiger partial charge in [-0.1, -0.05) is 12.5 Å². The van der Waals surface area contributed by atoms with E-state index in [0.29, 0.717) is 11.6 Å². The summed E-state index contributed by atoms with van der Waals surface area (Å²) in [5.74, 6) is 0.179. The van der Waals surface area contributed by atoms with Crippen molar-refractivity contribution in [3.05, 3.63) is 35.4 Å². The monoisotopic (exact) mass is 515 g/mol. The van der Waals surface area contributed by atoms with E-state index >= 15 is 0 Å². The number of nitrogens with zero attached hydrogens (tertiary/aromatic N) is 3. The van der Waals surface area contributed by atoms with Crippen LogP contribution >= 0.6 is 0 Å². The van der Waals surface area contributed by atoms with Gasteiger partial charge in [0.25, 0.3) is 0 Å². The summed E-state index contributed by atoms with van der Waals surface area (Å²) in [7, 11) is -3.78. The maximum Gasteiger partial charge on any atom is 0.416 e. The molecule has 0 amide bonds. The number of hydrogen-bond donors (Lipinski definition) is 2. The highest BCUT2D eigenvalue weighted by molar-refractivity contribution is 7.92. The lowest BCUT2D eigenvalue weighted by Crippen LogP contribution is -2.42. The van der Waals surface area contributed by atoms with Crippen LogP contribution in [0.2, 0.25) is 0 Å². The standard InChI is InChI=1S/C13H13F3N4O2S.C10H19NO/c1-7-5-10(18-19-12(7)17)9-4-3-8(13(14,15)16)6-11(9)20-23(2,21)22;1-2-6-11(7-3-1)10-4-8-12-9-5-10/h3-6,20H,1-2H3,(H2,17,19);10H,1-9H2. The van der Waals surface area contributed by atoms with E-state index in [1.807, 2.05) is 0 Å². The van der Waals surface area contributed by atoms with Crippen molar-refractivity contribution in [2.45, 2.75) is 51.2 Å². The number of aromatic nitrogens is 2. The predicted molar refractivity (Wildman–Crippen MR) is 129 cm³/mol. The quantitative estimate of drug-likeness (QED) is 0.631. The van der Waals surface area contributed by atoms with Gasteiger partial charge < -0.3 is 15.4 Å². The number of nitrogens with two attached hydrogens (primary N) is 1. The van der Waals surface area contributed by atoms with E-state index in [9.17, 15) is 21.6 Å². The Balaban J connectivity index is 0.000000237. The lowest BCUT2D eigenvalue weighted by molar-refractivity contribution is -0.137. The van der Waals surface area contributed by atoms with E-state index < -0.39 is 21.8 Å². The molecule has 3 heterocycles. The van der Waals surface area contributed by atoms with E-state index in [2.05, 4.69) is 19.8 Å². The molecule has 4 rings (SSSR count). The van der Waals surface area contributed by atoms with Crippen molar-refractivity contribution >= 4 is 21.5 Å². The summed E-state index contributed by atoms with van der Waals surface area (Å²) in [4.78, 5) is 2.67. The van der Waals surface area contributed by atoms with Gasteiger partial charge in [-0.2, -0.15) is 13.2 Å². The number of likely N-dealkylation sites (tertiary alicyclic amines) is 1. The highest BCUT2D eigenvalue weighted by atomic mass is 32.2. The number of nitrogen functional groups attached to an aromatic ring is 1. The summed E-state index contributed by atoms with van der Waals surface area (Å²) >= 11 is 0. The number of anilines is 2. The second-order valence-corrected chi connectivity index (χ2v) is 10.6. The van der Waals surface area contributed by atoms with Gasteiger partial charge in [0.05, 0.1) is 23.2 Å². The third-order valence-corrected chi connectivity index (χ3v) is 6.63. The maximum atomic E-state index is 12.8. The maximum absolute atomic E-state index is 12.8. The van der Waals surface area contributed by atoms with Gasteiger partial charge in [0.1, 0.15) is 5.82 Å². The number of benzene rings is 1. The number of aryl methyl sites for hydroxylation is 1. The average molecular weight is 516 g/mol. The van der Waals surface area contributed by atoms with Crippen LogP contribution in [0.15, 0.2) is 24.3 Å². The first-order valence-corrected chi connectivity index (χ1v) is 13.4. The Labute approximate surface area is 204 Å².